The van der Waals surface area contributed by atoms with Crippen LogP contribution in [0.4, 0.5) is 11.5 Å². The summed E-state index contributed by atoms with van der Waals surface area (Å²) in [4.78, 5) is 6.68. The van der Waals surface area contributed by atoms with Crippen molar-refractivity contribution in [2.45, 2.75) is 38.6 Å². The first kappa shape index (κ1) is 12.2. The summed E-state index contributed by atoms with van der Waals surface area (Å²) in [5.74, 6) is 0.892. The van der Waals surface area contributed by atoms with E-state index in [0.29, 0.717) is 6.04 Å². The highest BCUT2D eigenvalue weighted by atomic mass is 16.3. The number of aryl methyl sites for hydroxylation is 1. The van der Waals surface area contributed by atoms with E-state index in [-0.39, 0.29) is 6.61 Å². The van der Waals surface area contributed by atoms with Crippen molar-refractivity contribution in [3.05, 3.63) is 17.8 Å². The summed E-state index contributed by atoms with van der Waals surface area (Å²) in [6.07, 6.45) is 6.28. The zero-order chi connectivity index (χ0) is 12.3. The number of nitrogen functional groups attached to an aromatic ring is 1. The molecule has 0 bridgehead atoms. The third-order valence-corrected chi connectivity index (χ3v) is 3.53. The van der Waals surface area contributed by atoms with E-state index < -0.39 is 0 Å². The van der Waals surface area contributed by atoms with Gasteiger partial charge in [-0.2, -0.15) is 0 Å². The van der Waals surface area contributed by atoms with Gasteiger partial charge in [-0.1, -0.05) is 0 Å². The minimum Gasteiger partial charge on any atom is -0.396 e. The van der Waals surface area contributed by atoms with Crippen molar-refractivity contribution >= 4 is 11.5 Å². The van der Waals surface area contributed by atoms with Gasteiger partial charge in [0.1, 0.15) is 0 Å². The molecule has 1 heterocycles. The molecule has 1 aliphatic rings. The number of nitrogens with zero attached hydrogens (tertiary/aromatic N) is 2. The number of aliphatic hydroxyl groups is 1. The molecule has 0 saturated heterocycles. The van der Waals surface area contributed by atoms with E-state index in [1.165, 1.54) is 19.3 Å². The summed E-state index contributed by atoms with van der Waals surface area (Å²) in [6.45, 7) is 3.06. The standard InChI is InChI=1S/C13H21N3O/c1-10-6-7-15-13(12(10)14)16(8-3-9-17)11-4-2-5-11/h6-7,11,17H,2-5,8-9,14H2,1H3. The summed E-state index contributed by atoms with van der Waals surface area (Å²) in [7, 11) is 0. The third kappa shape index (κ3) is 2.52. The van der Waals surface area contributed by atoms with Gasteiger partial charge in [0.2, 0.25) is 0 Å². The van der Waals surface area contributed by atoms with Gasteiger partial charge in [-0.05, 0) is 44.2 Å². The number of nitrogens with two attached hydrogens (primary N) is 1. The van der Waals surface area contributed by atoms with E-state index >= 15 is 0 Å². The Balaban J connectivity index is 2.21. The number of hydrogen-bond acceptors (Lipinski definition) is 4. The highest BCUT2D eigenvalue weighted by molar-refractivity contribution is 5.66. The molecule has 4 heteroatoms. The molecule has 0 aromatic carbocycles. The van der Waals surface area contributed by atoms with Crippen molar-refractivity contribution in [1.82, 2.24) is 4.98 Å². The minimum atomic E-state index is 0.217. The maximum absolute atomic E-state index is 8.98. The highest BCUT2D eigenvalue weighted by Gasteiger charge is 2.27. The largest absolute Gasteiger partial charge is 0.396 e. The number of pyridine rings is 1. The quantitative estimate of drug-likeness (QED) is 0.815. The molecule has 1 aromatic rings. The monoisotopic (exact) mass is 235 g/mol. The Kier molecular flexibility index (Phi) is 3.84. The Hall–Kier alpha value is -1.29. The zero-order valence-electron chi connectivity index (χ0n) is 10.4. The molecule has 94 valence electrons. The molecule has 1 aliphatic carbocycles. The van der Waals surface area contributed by atoms with Gasteiger partial charge in [-0.25, -0.2) is 4.98 Å². The van der Waals surface area contributed by atoms with Crippen LogP contribution in [0.3, 0.4) is 0 Å². The normalized spacial score (nSPS) is 15.6. The molecule has 0 aliphatic heterocycles. The van der Waals surface area contributed by atoms with E-state index in [1.807, 2.05) is 19.2 Å². The van der Waals surface area contributed by atoms with E-state index in [9.17, 15) is 0 Å². The number of aliphatic hydroxyl groups excluding tert-OH is 1. The van der Waals surface area contributed by atoms with Crippen molar-refractivity contribution in [1.29, 1.82) is 0 Å². The molecule has 1 saturated carbocycles. The van der Waals surface area contributed by atoms with Gasteiger partial charge in [0.05, 0.1) is 5.69 Å². The summed E-state index contributed by atoms with van der Waals surface area (Å²) < 4.78 is 0. The molecule has 0 spiro atoms. The lowest BCUT2D eigenvalue weighted by Gasteiger charge is -2.39. The van der Waals surface area contributed by atoms with Gasteiger partial charge in [-0.15, -0.1) is 0 Å². The van der Waals surface area contributed by atoms with Crippen LogP contribution in [0.25, 0.3) is 0 Å². The van der Waals surface area contributed by atoms with Gasteiger partial charge in [0.25, 0.3) is 0 Å². The van der Waals surface area contributed by atoms with Crippen LogP contribution in [0.2, 0.25) is 0 Å². The van der Waals surface area contributed by atoms with Crippen LogP contribution in [0.15, 0.2) is 12.3 Å². The number of hydrogen-bond donors (Lipinski definition) is 2. The molecule has 2 rings (SSSR count). The van der Waals surface area contributed by atoms with Crippen LogP contribution in [-0.4, -0.2) is 29.3 Å². The van der Waals surface area contributed by atoms with Crippen molar-refractivity contribution in [3.8, 4) is 0 Å². The lowest BCUT2D eigenvalue weighted by atomic mass is 9.91. The first-order valence-electron chi connectivity index (χ1n) is 6.32. The Bertz CT molecular complexity index is 377. The molecule has 0 atom stereocenters. The molecule has 0 unspecified atom stereocenters. The molecule has 4 nitrogen and oxygen atoms in total. The lowest BCUT2D eigenvalue weighted by Crippen LogP contribution is -2.42. The van der Waals surface area contributed by atoms with E-state index in [0.717, 1.165) is 30.0 Å². The van der Waals surface area contributed by atoms with Gasteiger partial charge >= 0.3 is 0 Å². The summed E-state index contributed by atoms with van der Waals surface area (Å²) >= 11 is 0. The van der Waals surface area contributed by atoms with Crippen LogP contribution in [0, 0.1) is 6.92 Å². The Morgan fingerprint density at radius 1 is 1.53 bits per heavy atom. The Labute approximate surface area is 102 Å². The first-order valence-corrected chi connectivity index (χ1v) is 6.32. The lowest BCUT2D eigenvalue weighted by molar-refractivity contribution is 0.282. The second-order valence-electron chi connectivity index (χ2n) is 4.72. The van der Waals surface area contributed by atoms with Crippen LogP contribution >= 0.6 is 0 Å². The fourth-order valence-electron chi connectivity index (χ4n) is 2.19. The summed E-state index contributed by atoms with van der Waals surface area (Å²) in [5.41, 5.74) is 7.95. The topological polar surface area (TPSA) is 62.4 Å². The second-order valence-corrected chi connectivity index (χ2v) is 4.72. The summed E-state index contributed by atoms with van der Waals surface area (Å²) in [6, 6.07) is 2.49. The van der Waals surface area contributed by atoms with Gasteiger partial charge in [0.15, 0.2) is 5.82 Å². The predicted octanol–water partition coefficient (Wildman–Crippen LogP) is 1.71. The van der Waals surface area contributed by atoms with Crippen molar-refractivity contribution in [3.63, 3.8) is 0 Å². The van der Waals surface area contributed by atoms with Crippen molar-refractivity contribution in [2.75, 3.05) is 23.8 Å². The molecule has 1 fully saturated rings. The fourth-order valence-corrected chi connectivity index (χ4v) is 2.19. The van der Waals surface area contributed by atoms with E-state index in [4.69, 9.17) is 10.8 Å². The van der Waals surface area contributed by atoms with Gasteiger partial charge < -0.3 is 15.7 Å². The van der Waals surface area contributed by atoms with E-state index in [2.05, 4.69) is 9.88 Å². The number of aromatic nitrogens is 1. The Morgan fingerprint density at radius 3 is 2.88 bits per heavy atom. The minimum absolute atomic E-state index is 0.217. The maximum Gasteiger partial charge on any atom is 0.152 e. The Morgan fingerprint density at radius 2 is 2.29 bits per heavy atom. The van der Waals surface area contributed by atoms with Crippen LogP contribution in [0.1, 0.15) is 31.2 Å². The van der Waals surface area contributed by atoms with Gasteiger partial charge in [-0.3, -0.25) is 0 Å². The molecule has 3 N–H and O–H groups in total. The molecule has 0 radical (unpaired) electrons. The average Bonchev–Trinajstić information content (AvgIpc) is 2.26. The molecular weight excluding hydrogens is 214 g/mol. The highest BCUT2D eigenvalue weighted by Crippen LogP contribution is 2.32. The van der Waals surface area contributed by atoms with Crippen LogP contribution < -0.4 is 10.6 Å². The SMILES string of the molecule is Cc1ccnc(N(CCCO)C2CCC2)c1N. The van der Waals surface area contributed by atoms with Crippen LogP contribution in [-0.2, 0) is 0 Å². The second kappa shape index (κ2) is 5.36. The smallest absolute Gasteiger partial charge is 0.152 e. The molecular formula is C13H21N3O. The number of rotatable bonds is 5. The average molecular weight is 235 g/mol. The maximum atomic E-state index is 8.98. The van der Waals surface area contributed by atoms with E-state index in [1.54, 1.807) is 0 Å². The molecule has 1 aromatic heterocycles. The molecule has 0 amide bonds. The fraction of sp³-hybridized carbons (Fsp3) is 0.615. The number of anilines is 2. The first-order chi connectivity index (χ1) is 8.24. The van der Waals surface area contributed by atoms with Crippen molar-refractivity contribution < 1.29 is 5.11 Å². The van der Waals surface area contributed by atoms with Gasteiger partial charge in [0, 0.05) is 25.4 Å². The van der Waals surface area contributed by atoms with Crippen molar-refractivity contribution in [2.24, 2.45) is 0 Å². The molecule has 17 heavy (non-hydrogen) atoms. The predicted molar refractivity (Wildman–Crippen MR) is 70.1 cm³/mol. The zero-order valence-corrected chi connectivity index (χ0v) is 10.4. The third-order valence-electron chi connectivity index (χ3n) is 3.53. The van der Waals surface area contributed by atoms with Crippen LogP contribution in [0.5, 0.6) is 0 Å². The summed E-state index contributed by atoms with van der Waals surface area (Å²) in [5, 5.41) is 8.98.